The van der Waals surface area contributed by atoms with E-state index in [1.165, 1.54) is 0 Å². The molecule has 0 aromatic carbocycles. The number of carbonyl (C=O) groups is 2. The number of nitrogens with one attached hydrogen (secondary N) is 1. The van der Waals surface area contributed by atoms with Crippen molar-refractivity contribution in [1.29, 1.82) is 0 Å². The molecule has 0 bridgehead atoms. The number of morpholine rings is 1. The maximum Gasteiger partial charge on any atom is 0.317 e. The van der Waals surface area contributed by atoms with Crippen LogP contribution in [0.25, 0.3) is 0 Å². The molecule has 0 unspecified atom stereocenters. The zero-order valence-electron chi connectivity index (χ0n) is 12.3. The lowest BCUT2D eigenvalue weighted by atomic mass is 10.3. The predicted molar refractivity (Wildman–Crippen MR) is 74.8 cm³/mol. The second-order valence-electron chi connectivity index (χ2n) is 5.12. The molecular formula is C13H25N3O4. The number of urea groups is 1. The van der Waals surface area contributed by atoms with Gasteiger partial charge >= 0.3 is 12.0 Å². The van der Waals surface area contributed by atoms with Gasteiger partial charge in [0.15, 0.2) is 0 Å². The van der Waals surface area contributed by atoms with Crippen molar-refractivity contribution in [2.24, 2.45) is 0 Å². The highest BCUT2D eigenvalue weighted by molar-refractivity contribution is 5.75. The number of amides is 2. The van der Waals surface area contributed by atoms with Gasteiger partial charge in [-0.25, -0.2) is 4.79 Å². The van der Waals surface area contributed by atoms with Crippen LogP contribution in [-0.4, -0.2) is 78.9 Å². The Morgan fingerprint density at radius 1 is 1.35 bits per heavy atom. The van der Waals surface area contributed by atoms with Gasteiger partial charge in [0.2, 0.25) is 0 Å². The molecule has 2 N–H and O–H groups in total. The highest BCUT2D eigenvalue weighted by atomic mass is 16.5. The van der Waals surface area contributed by atoms with E-state index in [-0.39, 0.29) is 25.0 Å². The first kappa shape index (κ1) is 16.7. The van der Waals surface area contributed by atoms with Crippen LogP contribution in [-0.2, 0) is 9.53 Å². The summed E-state index contributed by atoms with van der Waals surface area (Å²) in [6, 6.07) is -0.216. The Labute approximate surface area is 119 Å². The van der Waals surface area contributed by atoms with Gasteiger partial charge in [0.25, 0.3) is 0 Å². The van der Waals surface area contributed by atoms with E-state index in [9.17, 15) is 9.59 Å². The average Bonchev–Trinajstić information content (AvgIpc) is 2.39. The Balaban J connectivity index is 2.28. The van der Waals surface area contributed by atoms with E-state index in [1.807, 2.05) is 13.8 Å². The minimum absolute atomic E-state index is 0.0160. The Hall–Kier alpha value is -1.34. The number of carboxylic acids is 1. The minimum atomic E-state index is -0.892. The summed E-state index contributed by atoms with van der Waals surface area (Å²) in [5.41, 5.74) is 0. The highest BCUT2D eigenvalue weighted by Gasteiger charge is 2.18. The fourth-order valence-corrected chi connectivity index (χ4v) is 2.06. The van der Waals surface area contributed by atoms with Crippen LogP contribution >= 0.6 is 0 Å². The lowest BCUT2D eigenvalue weighted by Gasteiger charge is -2.29. The number of carbonyl (C=O) groups excluding carboxylic acids is 1. The first-order valence-corrected chi connectivity index (χ1v) is 7.07. The van der Waals surface area contributed by atoms with Crippen LogP contribution in [0, 0.1) is 0 Å². The van der Waals surface area contributed by atoms with Crippen LogP contribution in [0.3, 0.4) is 0 Å². The van der Waals surface area contributed by atoms with Gasteiger partial charge in [-0.3, -0.25) is 9.69 Å². The first-order valence-electron chi connectivity index (χ1n) is 7.07. The molecule has 2 amide bonds. The number of rotatable bonds is 7. The topological polar surface area (TPSA) is 82.1 Å². The van der Waals surface area contributed by atoms with Gasteiger partial charge in [0, 0.05) is 38.8 Å². The monoisotopic (exact) mass is 287 g/mol. The summed E-state index contributed by atoms with van der Waals surface area (Å²) in [6.07, 6.45) is -0.0327. The Morgan fingerprint density at radius 2 is 2.00 bits per heavy atom. The van der Waals surface area contributed by atoms with Crippen molar-refractivity contribution < 1.29 is 19.4 Å². The van der Waals surface area contributed by atoms with Crippen LogP contribution in [0.1, 0.15) is 20.3 Å². The molecule has 0 radical (unpaired) electrons. The van der Waals surface area contributed by atoms with Crippen molar-refractivity contribution in [2.45, 2.75) is 26.3 Å². The number of hydrogen-bond acceptors (Lipinski definition) is 4. The molecule has 0 saturated carbocycles. The van der Waals surface area contributed by atoms with E-state index in [0.29, 0.717) is 6.54 Å². The zero-order chi connectivity index (χ0) is 15.0. The van der Waals surface area contributed by atoms with E-state index in [1.54, 1.807) is 4.90 Å². The molecule has 0 aromatic heterocycles. The third-order valence-electron chi connectivity index (χ3n) is 3.26. The molecule has 1 fully saturated rings. The molecule has 1 heterocycles. The summed E-state index contributed by atoms with van der Waals surface area (Å²) in [7, 11) is 0. The number of ether oxygens (including phenoxy) is 1. The zero-order valence-corrected chi connectivity index (χ0v) is 12.3. The van der Waals surface area contributed by atoms with E-state index in [0.717, 1.165) is 32.8 Å². The molecule has 0 aliphatic carbocycles. The van der Waals surface area contributed by atoms with Crippen molar-refractivity contribution in [3.05, 3.63) is 0 Å². The van der Waals surface area contributed by atoms with Crippen molar-refractivity contribution in [1.82, 2.24) is 15.1 Å². The molecule has 7 nitrogen and oxygen atoms in total. The van der Waals surface area contributed by atoms with Gasteiger partial charge < -0.3 is 20.1 Å². The van der Waals surface area contributed by atoms with Gasteiger partial charge in [-0.05, 0) is 13.8 Å². The van der Waals surface area contributed by atoms with Gasteiger partial charge in [0.1, 0.15) is 0 Å². The summed E-state index contributed by atoms with van der Waals surface area (Å²) in [4.78, 5) is 26.4. The molecule has 7 heteroatoms. The Kier molecular flexibility index (Phi) is 7.32. The molecule has 0 aromatic rings. The first-order chi connectivity index (χ1) is 9.50. The fraction of sp³-hybridized carbons (Fsp3) is 0.846. The summed E-state index contributed by atoms with van der Waals surface area (Å²) in [5, 5.41) is 11.5. The van der Waals surface area contributed by atoms with Crippen molar-refractivity contribution in [3.63, 3.8) is 0 Å². The summed E-state index contributed by atoms with van der Waals surface area (Å²) < 4.78 is 5.26. The SMILES string of the molecule is CC(C)N(CCC(=O)O)C(=O)NCCN1CCOCC1. The maximum atomic E-state index is 12.0. The van der Waals surface area contributed by atoms with E-state index >= 15 is 0 Å². The number of hydrogen-bond donors (Lipinski definition) is 2. The minimum Gasteiger partial charge on any atom is -0.481 e. The molecule has 20 heavy (non-hydrogen) atoms. The van der Waals surface area contributed by atoms with Gasteiger partial charge in [-0.2, -0.15) is 0 Å². The van der Waals surface area contributed by atoms with Crippen LogP contribution < -0.4 is 5.32 Å². The largest absolute Gasteiger partial charge is 0.481 e. The van der Waals surface area contributed by atoms with Crippen molar-refractivity contribution >= 4 is 12.0 Å². The second-order valence-corrected chi connectivity index (χ2v) is 5.12. The third-order valence-corrected chi connectivity index (χ3v) is 3.26. The van der Waals surface area contributed by atoms with Gasteiger partial charge in [-0.1, -0.05) is 0 Å². The van der Waals surface area contributed by atoms with Crippen molar-refractivity contribution in [2.75, 3.05) is 45.9 Å². The lowest BCUT2D eigenvalue weighted by Crippen LogP contribution is -2.47. The molecule has 1 rings (SSSR count). The standard InChI is InChI=1S/C13H25N3O4/c1-11(2)16(5-3-12(17)18)13(19)14-4-6-15-7-9-20-10-8-15/h11H,3-10H2,1-2H3,(H,14,19)(H,17,18). The van der Waals surface area contributed by atoms with Gasteiger partial charge in [0.05, 0.1) is 19.6 Å². The normalized spacial score (nSPS) is 16.1. The highest BCUT2D eigenvalue weighted by Crippen LogP contribution is 2.01. The average molecular weight is 287 g/mol. The lowest BCUT2D eigenvalue weighted by molar-refractivity contribution is -0.137. The van der Waals surface area contributed by atoms with E-state index in [2.05, 4.69) is 10.2 Å². The van der Waals surface area contributed by atoms with Crippen LogP contribution in [0.4, 0.5) is 4.79 Å². The molecule has 116 valence electrons. The predicted octanol–water partition coefficient (Wildman–Crippen LogP) is 0.213. The molecule has 1 aliphatic heterocycles. The van der Waals surface area contributed by atoms with Crippen LogP contribution in [0.15, 0.2) is 0 Å². The van der Waals surface area contributed by atoms with Gasteiger partial charge in [-0.15, -0.1) is 0 Å². The smallest absolute Gasteiger partial charge is 0.317 e. The molecular weight excluding hydrogens is 262 g/mol. The number of carboxylic acid groups (broad SMARTS) is 1. The van der Waals surface area contributed by atoms with Crippen molar-refractivity contribution in [3.8, 4) is 0 Å². The molecule has 1 aliphatic rings. The number of nitrogens with zero attached hydrogens (tertiary/aromatic N) is 2. The maximum absolute atomic E-state index is 12.0. The summed E-state index contributed by atoms with van der Waals surface area (Å²) in [6.45, 7) is 8.61. The summed E-state index contributed by atoms with van der Waals surface area (Å²) >= 11 is 0. The van der Waals surface area contributed by atoms with E-state index < -0.39 is 5.97 Å². The molecule has 1 saturated heterocycles. The Bertz CT molecular complexity index is 317. The van der Waals surface area contributed by atoms with Crippen LogP contribution in [0.5, 0.6) is 0 Å². The fourth-order valence-electron chi connectivity index (χ4n) is 2.06. The Morgan fingerprint density at radius 3 is 2.55 bits per heavy atom. The quantitative estimate of drug-likeness (QED) is 0.699. The van der Waals surface area contributed by atoms with Crippen LogP contribution in [0.2, 0.25) is 0 Å². The molecule has 0 spiro atoms. The number of aliphatic carboxylic acids is 1. The van der Waals surface area contributed by atoms with E-state index in [4.69, 9.17) is 9.84 Å². The second kappa shape index (κ2) is 8.76. The molecule has 0 atom stereocenters. The summed E-state index contributed by atoms with van der Waals surface area (Å²) in [5.74, 6) is -0.892. The third kappa shape index (κ3) is 6.21.